The predicted molar refractivity (Wildman–Crippen MR) is 139 cm³/mol. The van der Waals surface area contributed by atoms with Crippen molar-refractivity contribution in [2.24, 2.45) is 0 Å². The Bertz CT molecular complexity index is 1070. The first-order valence-electron chi connectivity index (χ1n) is 12.6. The van der Waals surface area contributed by atoms with Gasteiger partial charge in [-0.3, -0.25) is 4.90 Å². The number of amides is 1. The van der Waals surface area contributed by atoms with Gasteiger partial charge in [-0.15, -0.1) is 5.10 Å². The van der Waals surface area contributed by atoms with Gasteiger partial charge in [0, 0.05) is 66.9 Å². The molecule has 1 N–H and O–H groups in total. The van der Waals surface area contributed by atoms with E-state index in [1.54, 1.807) is 12.3 Å². The van der Waals surface area contributed by atoms with Crippen molar-refractivity contribution in [3.63, 3.8) is 0 Å². The topological polar surface area (TPSA) is 65.9 Å². The molecular weight excluding hydrogens is 464 g/mol. The molecule has 3 aliphatic heterocycles. The molecule has 0 bridgehead atoms. The highest BCUT2D eigenvalue weighted by Crippen LogP contribution is 2.40. The number of likely N-dealkylation sites (tertiary alicyclic amines) is 2. The van der Waals surface area contributed by atoms with Crippen molar-refractivity contribution in [3.8, 4) is 0 Å². The molecule has 8 nitrogen and oxygen atoms in total. The minimum Gasteiger partial charge on any atom is -0.378 e. The number of hydrogen-bond acceptors (Lipinski definition) is 6. The number of anilines is 2. The summed E-state index contributed by atoms with van der Waals surface area (Å²) in [6.07, 6.45) is 6.07. The second-order valence-electron chi connectivity index (χ2n) is 9.94. The fraction of sp³-hybridized carbons (Fsp3) is 0.538. The zero-order valence-corrected chi connectivity index (χ0v) is 21.3. The summed E-state index contributed by atoms with van der Waals surface area (Å²) >= 11 is 6.39. The minimum atomic E-state index is -0.0635. The molecule has 1 amide bonds. The fourth-order valence-electron chi connectivity index (χ4n) is 5.76. The van der Waals surface area contributed by atoms with E-state index in [0.29, 0.717) is 5.82 Å². The largest absolute Gasteiger partial charge is 0.378 e. The number of piperidine rings is 1. The van der Waals surface area contributed by atoms with Crippen LogP contribution in [0.5, 0.6) is 0 Å². The molecule has 35 heavy (non-hydrogen) atoms. The zero-order valence-electron chi connectivity index (χ0n) is 20.5. The summed E-state index contributed by atoms with van der Waals surface area (Å²) in [5.74, 6) is 0.639. The summed E-state index contributed by atoms with van der Waals surface area (Å²) in [6.45, 7) is 12.5. The van der Waals surface area contributed by atoms with Crippen LogP contribution >= 0.6 is 11.6 Å². The van der Waals surface area contributed by atoms with Crippen molar-refractivity contribution in [2.45, 2.75) is 44.7 Å². The Hall–Kier alpha value is -2.55. The molecule has 0 unspecified atom stereocenters. The molecule has 3 saturated heterocycles. The van der Waals surface area contributed by atoms with Gasteiger partial charge in [0.05, 0.1) is 13.2 Å². The number of hydrogen-bond donors (Lipinski definition) is 1. The molecule has 1 spiro atoms. The number of morpholine rings is 1. The van der Waals surface area contributed by atoms with Gasteiger partial charge < -0.3 is 19.9 Å². The number of carbonyl (C=O) groups excluding carboxylic acids is 1. The van der Waals surface area contributed by atoms with Gasteiger partial charge in [-0.1, -0.05) is 24.2 Å². The molecule has 0 atom stereocenters. The number of ether oxygens (including phenoxy) is 1. The van der Waals surface area contributed by atoms with E-state index in [9.17, 15) is 4.79 Å². The second-order valence-corrected chi connectivity index (χ2v) is 10.4. The molecule has 0 saturated carbocycles. The van der Waals surface area contributed by atoms with E-state index in [1.165, 1.54) is 28.8 Å². The summed E-state index contributed by atoms with van der Waals surface area (Å²) < 4.78 is 6.99. The van der Waals surface area contributed by atoms with E-state index in [0.717, 1.165) is 76.0 Å². The van der Waals surface area contributed by atoms with Gasteiger partial charge in [-0.05, 0) is 56.8 Å². The number of halogens is 1. The maximum absolute atomic E-state index is 13.1. The lowest BCUT2D eigenvalue weighted by molar-refractivity contribution is 0.0584. The highest BCUT2D eigenvalue weighted by Gasteiger charge is 2.44. The highest BCUT2D eigenvalue weighted by molar-refractivity contribution is 6.30. The Balaban J connectivity index is 1.26. The van der Waals surface area contributed by atoms with Gasteiger partial charge in [-0.25, -0.2) is 4.79 Å². The summed E-state index contributed by atoms with van der Waals surface area (Å²) in [5.41, 5.74) is 3.50. The first-order chi connectivity index (χ1) is 16.9. The third-order valence-corrected chi connectivity index (χ3v) is 7.83. The Morgan fingerprint density at radius 2 is 1.91 bits per heavy atom. The number of rotatable bonds is 5. The number of carbonyl (C=O) groups is 1. The molecule has 0 radical (unpaired) electrons. The Morgan fingerprint density at radius 1 is 1.14 bits per heavy atom. The van der Waals surface area contributed by atoms with Crippen LogP contribution in [0.3, 0.4) is 0 Å². The van der Waals surface area contributed by atoms with E-state index in [1.807, 2.05) is 17.9 Å². The van der Waals surface area contributed by atoms with E-state index in [4.69, 9.17) is 16.3 Å². The Labute approximate surface area is 212 Å². The van der Waals surface area contributed by atoms with Crippen LogP contribution in [-0.4, -0.2) is 77.1 Å². The molecule has 1 aromatic heterocycles. The summed E-state index contributed by atoms with van der Waals surface area (Å²) in [6, 6.07) is 8.03. The van der Waals surface area contributed by atoms with Crippen molar-refractivity contribution >= 4 is 29.1 Å². The summed E-state index contributed by atoms with van der Waals surface area (Å²) in [5, 5.41) is 8.20. The van der Waals surface area contributed by atoms with Crippen LogP contribution in [0.15, 0.2) is 42.7 Å². The highest BCUT2D eigenvalue weighted by atomic mass is 35.5. The van der Waals surface area contributed by atoms with Crippen LogP contribution in [0.1, 0.15) is 38.2 Å². The third-order valence-electron chi connectivity index (χ3n) is 7.59. The average molecular weight is 499 g/mol. The Morgan fingerprint density at radius 3 is 2.66 bits per heavy atom. The maximum atomic E-state index is 13.1. The SMILES string of the molecule is C=C(C)Nc1ccn(C(=O)N2CCC3(CCCN3Cc3ccc(Cl)cc3N3CCOCC3)CC2)n1. The van der Waals surface area contributed by atoms with E-state index in [2.05, 4.69) is 38.9 Å². The molecule has 2 aromatic rings. The lowest BCUT2D eigenvalue weighted by atomic mass is 9.84. The number of aromatic nitrogens is 2. The lowest BCUT2D eigenvalue weighted by Gasteiger charge is -2.45. The monoisotopic (exact) mass is 498 g/mol. The standard InChI is InChI=1S/C26H35ClN6O2/c1-20(2)28-24-6-11-33(29-24)25(34)31-12-8-26(9-13-31)7-3-10-32(26)19-21-4-5-22(27)18-23(21)30-14-16-35-17-15-30/h4-6,11,18H,1,3,7-10,12-17,19H2,2H3,(H,28,29). The first-order valence-corrected chi connectivity index (χ1v) is 12.9. The maximum Gasteiger partial charge on any atom is 0.344 e. The molecule has 9 heteroatoms. The van der Waals surface area contributed by atoms with Gasteiger partial charge in [-0.2, -0.15) is 4.68 Å². The molecule has 3 fully saturated rings. The second kappa shape index (κ2) is 10.2. The molecule has 5 rings (SSSR count). The van der Waals surface area contributed by atoms with Gasteiger partial charge in [0.25, 0.3) is 0 Å². The summed E-state index contributed by atoms with van der Waals surface area (Å²) in [4.78, 5) is 20.0. The zero-order chi connectivity index (χ0) is 24.4. The van der Waals surface area contributed by atoms with Crippen LogP contribution in [0.2, 0.25) is 5.02 Å². The van der Waals surface area contributed by atoms with E-state index in [-0.39, 0.29) is 11.6 Å². The van der Waals surface area contributed by atoms with Crippen molar-refractivity contribution in [1.82, 2.24) is 19.6 Å². The third kappa shape index (κ3) is 5.20. The smallest absolute Gasteiger partial charge is 0.344 e. The van der Waals surface area contributed by atoms with Gasteiger partial charge in [0.15, 0.2) is 5.82 Å². The van der Waals surface area contributed by atoms with Crippen molar-refractivity contribution < 1.29 is 9.53 Å². The molecule has 3 aliphatic rings. The van der Waals surface area contributed by atoms with E-state index >= 15 is 0 Å². The molecular formula is C26H35ClN6O2. The van der Waals surface area contributed by atoms with Gasteiger partial charge in [0.2, 0.25) is 0 Å². The number of nitrogens with one attached hydrogen (secondary N) is 1. The predicted octanol–water partition coefficient (Wildman–Crippen LogP) is 4.42. The average Bonchev–Trinajstić information content (AvgIpc) is 3.47. The van der Waals surface area contributed by atoms with Crippen molar-refractivity contribution in [1.29, 1.82) is 0 Å². The first kappa shape index (κ1) is 24.2. The van der Waals surface area contributed by atoms with Gasteiger partial charge >= 0.3 is 6.03 Å². The molecule has 4 heterocycles. The normalized spacial score (nSPS) is 20.4. The van der Waals surface area contributed by atoms with Crippen LogP contribution in [0, 0.1) is 0 Å². The van der Waals surface area contributed by atoms with Crippen molar-refractivity contribution in [2.75, 3.05) is 56.2 Å². The number of allylic oxidation sites excluding steroid dienone is 1. The lowest BCUT2D eigenvalue weighted by Crippen LogP contribution is -2.53. The van der Waals surface area contributed by atoms with Gasteiger partial charge in [0.1, 0.15) is 0 Å². The van der Waals surface area contributed by atoms with Crippen molar-refractivity contribution in [3.05, 3.63) is 53.3 Å². The molecule has 1 aromatic carbocycles. The quantitative estimate of drug-likeness (QED) is 0.658. The number of benzene rings is 1. The molecule has 188 valence electrons. The van der Waals surface area contributed by atoms with Crippen LogP contribution in [0.25, 0.3) is 0 Å². The number of nitrogens with zero attached hydrogens (tertiary/aromatic N) is 5. The summed E-state index contributed by atoms with van der Waals surface area (Å²) in [7, 11) is 0. The minimum absolute atomic E-state index is 0.0635. The van der Waals surface area contributed by atoms with Crippen LogP contribution in [-0.2, 0) is 11.3 Å². The van der Waals surface area contributed by atoms with Crippen LogP contribution < -0.4 is 10.2 Å². The van der Waals surface area contributed by atoms with E-state index < -0.39 is 0 Å². The molecule has 0 aliphatic carbocycles. The van der Waals surface area contributed by atoms with Crippen LogP contribution in [0.4, 0.5) is 16.3 Å². The Kier molecular flexibility index (Phi) is 7.05. The fourth-order valence-corrected chi connectivity index (χ4v) is 5.92.